The number of hydrogen-bond donors (Lipinski definition) is 2. The molecule has 154 valence electrons. The van der Waals surface area contributed by atoms with Gasteiger partial charge in [0.1, 0.15) is 0 Å². The van der Waals surface area contributed by atoms with Crippen LogP contribution in [-0.4, -0.2) is 48.5 Å². The van der Waals surface area contributed by atoms with Crippen LogP contribution in [0.5, 0.6) is 0 Å². The van der Waals surface area contributed by atoms with Gasteiger partial charge in [-0.15, -0.1) is 24.0 Å². The maximum atomic E-state index is 4.51. The highest BCUT2D eigenvalue weighted by Crippen LogP contribution is 2.22. The van der Waals surface area contributed by atoms with Crippen molar-refractivity contribution in [3.8, 4) is 0 Å². The Morgan fingerprint density at radius 1 is 1.29 bits per heavy atom. The van der Waals surface area contributed by atoms with Crippen LogP contribution in [0.1, 0.15) is 24.2 Å². The topological polar surface area (TPSA) is 57.5 Å². The number of benzene rings is 1. The number of hydrogen-bond acceptors (Lipinski definition) is 3. The minimum atomic E-state index is 0. The molecule has 1 fully saturated rings. The van der Waals surface area contributed by atoms with E-state index in [-0.39, 0.29) is 24.0 Å². The standard InChI is InChI=1S/C20H29BrN6.HI/c1-15-13-16(2)27(25-15)11-4-10-23-20(22-3)24-18-9-12-26(14-18)19-7-5-17(21)6-8-19;/h5-8,13,18H,4,9-12,14H2,1-3H3,(H2,22,23,24);1H. The van der Waals surface area contributed by atoms with E-state index in [9.17, 15) is 0 Å². The van der Waals surface area contributed by atoms with Gasteiger partial charge in [0.25, 0.3) is 0 Å². The van der Waals surface area contributed by atoms with E-state index in [4.69, 9.17) is 0 Å². The number of nitrogens with zero attached hydrogens (tertiary/aromatic N) is 4. The van der Waals surface area contributed by atoms with Crippen LogP contribution < -0.4 is 15.5 Å². The lowest BCUT2D eigenvalue weighted by molar-refractivity contribution is 0.552. The van der Waals surface area contributed by atoms with Gasteiger partial charge in [-0.2, -0.15) is 5.10 Å². The number of aliphatic imine (C=N–C) groups is 1. The van der Waals surface area contributed by atoms with E-state index in [1.54, 1.807) is 0 Å². The Kier molecular flexibility index (Phi) is 9.07. The molecule has 2 heterocycles. The minimum Gasteiger partial charge on any atom is -0.369 e. The van der Waals surface area contributed by atoms with Crippen LogP contribution in [0.2, 0.25) is 0 Å². The molecule has 0 aliphatic carbocycles. The van der Waals surface area contributed by atoms with Crippen molar-refractivity contribution in [3.63, 3.8) is 0 Å². The van der Waals surface area contributed by atoms with Crippen LogP contribution in [0.15, 0.2) is 39.8 Å². The van der Waals surface area contributed by atoms with Crippen molar-refractivity contribution >= 4 is 51.6 Å². The molecular weight excluding hydrogens is 531 g/mol. The van der Waals surface area contributed by atoms with E-state index in [1.165, 1.54) is 11.4 Å². The van der Waals surface area contributed by atoms with E-state index in [0.717, 1.165) is 55.1 Å². The van der Waals surface area contributed by atoms with Gasteiger partial charge in [-0.05, 0) is 57.0 Å². The van der Waals surface area contributed by atoms with Crippen LogP contribution in [0.3, 0.4) is 0 Å². The van der Waals surface area contributed by atoms with Gasteiger partial charge in [-0.3, -0.25) is 9.67 Å². The second-order valence-electron chi connectivity index (χ2n) is 7.06. The van der Waals surface area contributed by atoms with Crippen LogP contribution in [0.4, 0.5) is 5.69 Å². The smallest absolute Gasteiger partial charge is 0.191 e. The Hall–Kier alpha value is -1.29. The lowest BCUT2D eigenvalue weighted by Gasteiger charge is -2.20. The summed E-state index contributed by atoms with van der Waals surface area (Å²) in [5.41, 5.74) is 3.57. The SMILES string of the molecule is CN=C(NCCCn1nc(C)cc1C)NC1CCN(c2ccc(Br)cc2)C1.I. The van der Waals surface area contributed by atoms with Crippen molar-refractivity contribution < 1.29 is 0 Å². The number of aryl methyl sites for hydroxylation is 3. The Labute approximate surface area is 193 Å². The first-order valence-electron chi connectivity index (χ1n) is 9.54. The molecule has 6 nitrogen and oxygen atoms in total. The zero-order valence-electron chi connectivity index (χ0n) is 16.8. The molecule has 1 atom stereocenters. The van der Waals surface area contributed by atoms with Crippen molar-refractivity contribution in [2.75, 3.05) is 31.6 Å². The Balaban J connectivity index is 0.00000280. The molecule has 2 N–H and O–H groups in total. The van der Waals surface area contributed by atoms with Gasteiger partial charge in [0, 0.05) is 55.1 Å². The second kappa shape index (κ2) is 11.0. The van der Waals surface area contributed by atoms with Gasteiger partial charge in [0.05, 0.1) is 5.69 Å². The first-order chi connectivity index (χ1) is 13.0. The monoisotopic (exact) mass is 560 g/mol. The fourth-order valence-electron chi connectivity index (χ4n) is 3.49. The summed E-state index contributed by atoms with van der Waals surface area (Å²) in [5, 5.41) is 11.5. The summed E-state index contributed by atoms with van der Waals surface area (Å²) < 4.78 is 3.19. The molecule has 0 bridgehead atoms. The fraction of sp³-hybridized carbons (Fsp3) is 0.500. The highest BCUT2D eigenvalue weighted by molar-refractivity contribution is 14.0. The molecule has 1 aromatic heterocycles. The molecule has 3 rings (SSSR count). The Morgan fingerprint density at radius 3 is 2.68 bits per heavy atom. The molecule has 0 saturated carbocycles. The summed E-state index contributed by atoms with van der Waals surface area (Å²) in [4.78, 5) is 6.79. The second-order valence-corrected chi connectivity index (χ2v) is 7.97. The van der Waals surface area contributed by atoms with Crippen molar-refractivity contribution in [1.82, 2.24) is 20.4 Å². The molecule has 28 heavy (non-hydrogen) atoms. The maximum Gasteiger partial charge on any atom is 0.191 e. The van der Waals surface area contributed by atoms with E-state index >= 15 is 0 Å². The number of halogens is 2. The molecule has 1 aliphatic rings. The van der Waals surface area contributed by atoms with Gasteiger partial charge < -0.3 is 15.5 Å². The predicted octanol–water partition coefficient (Wildman–Crippen LogP) is 3.71. The van der Waals surface area contributed by atoms with E-state index < -0.39 is 0 Å². The van der Waals surface area contributed by atoms with Crippen molar-refractivity contribution in [3.05, 3.63) is 46.2 Å². The first kappa shape index (κ1) is 23.0. The van der Waals surface area contributed by atoms with Crippen LogP contribution in [0.25, 0.3) is 0 Å². The number of guanidine groups is 1. The molecule has 1 aromatic carbocycles. The highest BCUT2D eigenvalue weighted by Gasteiger charge is 2.23. The molecular formula is C20H30BrIN6. The van der Waals surface area contributed by atoms with E-state index in [1.807, 2.05) is 14.0 Å². The van der Waals surface area contributed by atoms with E-state index in [2.05, 4.69) is 83.5 Å². The molecule has 8 heteroatoms. The maximum absolute atomic E-state index is 4.51. The molecule has 1 aliphatic heterocycles. The average molecular weight is 561 g/mol. The van der Waals surface area contributed by atoms with Crippen LogP contribution >= 0.6 is 39.9 Å². The fourth-order valence-corrected chi connectivity index (χ4v) is 3.75. The predicted molar refractivity (Wildman–Crippen MR) is 131 cm³/mol. The first-order valence-corrected chi connectivity index (χ1v) is 10.3. The number of nitrogens with one attached hydrogen (secondary N) is 2. The molecule has 1 saturated heterocycles. The molecule has 1 unspecified atom stereocenters. The number of rotatable bonds is 6. The molecule has 0 spiro atoms. The van der Waals surface area contributed by atoms with Crippen LogP contribution in [0, 0.1) is 13.8 Å². The normalized spacial score (nSPS) is 16.8. The third-order valence-electron chi connectivity index (χ3n) is 4.89. The highest BCUT2D eigenvalue weighted by atomic mass is 127. The summed E-state index contributed by atoms with van der Waals surface area (Å²) in [7, 11) is 1.83. The quantitative estimate of drug-likeness (QED) is 0.245. The third kappa shape index (κ3) is 6.37. The summed E-state index contributed by atoms with van der Waals surface area (Å²) in [6.45, 7) is 7.99. The Bertz CT molecular complexity index is 774. The lowest BCUT2D eigenvalue weighted by Crippen LogP contribution is -2.45. The van der Waals surface area contributed by atoms with E-state index in [0.29, 0.717) is 6.04 Å². The van der Waals surface area contributed by atoms with Gasteiger partial charge >= 0.3 is 0 Å². The zero-order chi connectivity index (χ0) is 19.2. The lowest BCUT2D eigenvalue weighted by atomic mass is 10.2. The van der Waals surface area contributed by atoms with Gasteiger partial charge in [-0.25, -0.2) is 0 Å². The summed E-state index contributed by atoms with van der Waals surface area (Å²) in [5.74, 6) is 0.881. The molecule has 0 radical (unpaired) electrons. The van der Waals surface area contributed by atoms with Gasteiger partial charge in [0.15, 0.2) is 5.96 Å². The van der Waals surface area contributed by atoms with Crippen molar-refractivity contribution in [2.45, 2.75) is 39.3 Å². The number of aromatic nitrogens is 2. The molecule has 2 aromatic rings. The summed E-state index contributed by atoms with van der Waals surface area (Å²) in [6.07, 6.45) is 2.13. The summed E-state index contributed by atoms with van der Waals surface area (Å²) in [6, 6.07) is 11.1. The minimum absolute atomic E-state index is 0. The largest absolute Gasteiger partial charge is 0.369 e. The van der Waals surface area contributed by atoms with Gasteiger partial charge in [0.2, 0.25) is 0 Å². The number of anilines is 1. The van der Waals surface area contributed by atoms with Crippen molar-refractivity contribution in [2.24, 2.45) is 4.99 Å². The van der Waals surface area contributed by atoms with Gasteiger partial charge in [-0.1, -0.05) is 15.9 Å². The Morgan fingerprint density at radius 2 is 2.04 bits per heavy atom. The van der Waals surface area contributed by atoms with Crippen molar-refractivity contribution in [1.29, 1.82) is 0 Å². The van der Waals surface area contributed by atoms with Crippen LogP contribution in [-0.2, 0) is 6.54 Å². The third-order valence-corrected chi connectivity index (χ3v) is 5.42. The zero-order valence-corrected chi connectivity index (χ0v) is 20.7. The molecule has 0 amide bonds. The average Bonchev–Trinajstić information content (AvgIpc) is 3.24. The summed E-state index contributed by atoms with van der Waals surface area (Å²) >= 11 is 3.50.